The Hall–Kier alpha value is -1.81. The van der Waals surface area contributed by atoms with Gasteiger partial charge in [0, 0.05) is 38.2 Å². The van der Waals surface area contributed by atoms with E-state index in [1.54, 1.807) is 14.1 Å². The normalized spacial score (nSPS) is 16.7. The lowest BCUT2D eigenvalue weighted by Crippen LogP contribution is -2.41. The SMILES string of the molecule is Cc1c(CNC(=NCC(=O)N(C)C)NCC2CCCO2)oc2ccccc12.I. The Morgan fingerprint density at radius 1 is 1.29 bits per heavy atom. The number of rotatable bonds is 6. The molecule has 8 heteroatoms. The van der Waals surface area contributed by atoms with E-state index in [2.05, 4.69) is 28.6 Å². The van der Waals surface area contributed by atoms with Gasteiger partial charge in [-0.25, -0.2) is 4.99 Å². The number of guanidine groups is 1. The molecule has 1 atom stereocenters. The van der Waals surface area contributed by atoms with E-state index in [0.717, 1.165) is 41.7 Å². The number of nitrogens with zero attached hydrogens (tertiary/aromatic N) is 2. The molecule has 1 fully saturated rings. The van der Waals surface area contributed by atoms with E-state index in [1.165, 1.54) is 4.90 Å². The Balaban J connectivity index is 0.00000280. The number of aliphatic imine (C=N–C) groups is 1. The molecule has 1 aromatic heterocycles. The lowest BCUT2D eigenvalue weighted by molar-refractivity contribution is -0.127. The van der Waals surface area contributed by atoms with E-state index < -0.39 is 0 Å². The summed E-state index contributed by atoms with van der Waals surface area (Å²) in [4.78, 5) is 17.8. The van der Waals surface area contributed by atoms with E-state index in [0.29, 0.717) is 19.0 Å². The van der Waals surface area contributed by atoms with Gasteiger partial charge in [-0.1, -0.05) is 18.2 Å². The highest BCUT2D eigenvalue weighted by molar-refractivity contribution is 14.0. The zero-order chi connectivity index (χ0) is 19.2. The third-order valence-corrected chi connectivity index (χ3v) is 4.75. The number of carbonyl (C=O) groups excluding carboxylic acids is 1. The van der Waals surface area contributed by atoms with Gasteiger partial charge in [0.2, 0.25) is 5.91 Å². The summed E-state index contributed by atoms with van der Waals surface area (Å²) in [7, 11) is 3.45. The number of fused-ring (bicyclic) bond motifs is 1. The molecule has 1 amide bonds. The van der Waals surface area contributed by atoms with Crippen LogP contribution in [0, 0.1) is 6.92 Å². The second-order valence-corrected chi connectivity index (χ2v) is 6.97. The summed E-state index contributed by atoms with van der Waals surface area (Å²) in [6.45, 7) is 4.11. The fourth-order valence-electron chi connectivity index (χ4n) is 3.04. The Morgan fingerprint density at radius 3 is 2.75 bits per heavy atom. The fourth-order valence-corrected chi connectivity index (χ4v) is 3.04. The van der Waals surface area contributed by atoms with Crippen LogP contribution in [-0.2, 0) is 16.1 Å². The Bertz CT molecular complexity index is 813. The van der Waals surface area contributed by atoms with Crippen molar-refractivity contribution in [1.29, 1.82) is 0 Å². The first-order valence-corrected chi connectivity index (χ1v) is 9.35. The van der Waals surface area contributed by atoms with Crippen LogP contribution in [0.3, 0.4) is 0 Å². The van der Waals surface area contributed by atoms with Gasteiger partial charge < -0.3 is 24.7 Å². The molecule has 1 unspecified atom stereocenters. The summed E-state index contributed by atoms with van der Waals surface area (Å²) in [6, 6.07) is 7.99. The van der Waals surface area contributed by atoms with Gasteiger partial charge in [-0.15, -0.1) is 24.0 Å². The zero-order valence-corrected chi connectivity index (χ0v) is 19.0. The predicted octanol–water partition coefficient (Wildman–Crippen LogP) is 2.66. The zero-order valence-electron chi connectivity index (χ0n) is 16.7. The molecule has 154 valence electrons. The summed E-state index contributed by atoms with van der Waals surface area (Å²) in [5.74, 6) is 1.40. The molecule has 1 aliphatic rings. The van der Waals surface area contributed by atoms with Gasteiger partial charge >= 0.3 is 0 Å². The Morgan fingerprint density at radius 2 is 2.07 bits per heavy atom. The molecule has 1 aromatic carbocycles. The topological polar surface area (TPSA) is 79.1 Å². The van der Waals surface area contributed by atoms with Crippen LogP contribution in [0.4, 0.5) is 0 Å². The molecule has 0 spiro atoms. The number of furan rings is 1. The number of aryl methyl sites for hydroxylation is 1. The number of likely N-dealkylation sites (N-methyl/N-ethyl adjacent to an activating group) is 1. The lowest BCUT2D eigenvalue weighted by atomic mass is 10.1. The largest absolute Gasteiger partial charge is 0.459 e. The molecule has 28 heavy (non-hydrogen) atoms. The van der Waals surface area contributed by atoms with Gasteiger partial charge in [0.1, 0.15) is 17.9 Å². The number of amides is 1. The van der Waals surface area contributed by atoms with Crippen molar-refractivity contribution in [3.8, 4) is 0 Å². The van der Waals surface area contributed by atoms with Crippen LogP contribution in [-0.4, -0.2) is 56.7 Å². The summed E-state index contributed by atoms with van der Waals surface area (Å²) in [6.07, 6.45) is 2.32. The number of para-hydroxylation sites is 1. The Kier molecular flexibility index (Phi) is 8.56. The average Bonchev–Trinajstić information content (AvgIpc) is 3.29. The van der Waals surface area contributed by atoms with Gasteiger partial charge in [0.25, 0.3) is 0 Å². The molecule has 0 aliphatic carbocycles. The van der Waals surface area contributed by atoms with Crippen molar-refractivity contribution in [3.63, 3.8) is 0 Å². The summed E-state index contributed by atoms with van der Waals surface area (Å²) in [5.41, 5.74) is 1.99. The van der Waals surface area contributed by atoms with Crippen LogP contribution >= 0.6 is 24.0 Å². The molecular formula is C20H29IN4O3. The quantitative estimate of drug-likeness (QED) is 0.363. The number of nitrogens with one attached hydrogen (secondary N) is 2. The Labute approximate surface area is 182 Å². The number of halogens is 1. The maximum absolute atomic E-state index is 11.9. The summed E-state index contributed by atoms with van der Waals surface area (Å²) < 4.78 is 11.6. The molecular weight excluding hydrogens is 471 g/mol. The second kappa shape index (κ2) is 10.7. The maximum Gasteiger partial charge on any atom is 0.243 e. The van der Waals surface area contributed by atoms with E-state index in [1.807, 2.05) is 18.2 Å². The highest BCUT2D eigenvalue weighted by Crippen LogP contribution is 2.24. The van der Waals surface area contributed by atoms with Crippen molar-refractivity contribution in [2.45, 2.75) is 32.4 Å². The van der Waals surface area contributed by atoms with Crippen molar-refractivity contribution in [3.05, 3.63) is 35.6 Å². The predicted molar refractivity (Wildman–Crippen MR) is 121 cm³/mol. The van der Waals surface area contributed by atoms with Crippen molar-refractivity contribution in [1.82, 2.24) is 15.5 Å². The minimum atomic E-state index is -0.0480. The van der Waals surface area contributed by atoms with E-state index in [9.17, 15) is 4.79 Å². The molecule has 1 saturated heterocycles. The van der Waals surface area contributed by atoms with E-state index in [-0.39, 0.29) is 42.5 Å². The molecule has 2 heterocycles. The van der Waals surface area contributed by atoms with Crippen LogP contribution in [0.2, 0.25) is 0 Å². The van der Waals surface area contributed by atoms with Crippen LogP contribution in [0.15, 0.2) is 33.7 Å². The minimum Gasteiger partial charge on any atom is -0.459 e. The van der Waals surface area contributed by atoms with Crippen LogP contribution < -0.4 is 10.6 Å². The van der Waals surface area contributed by atoms with Gasteiger partial charge in [0.15, 0.2) is 5.96 Å². The van der Waals surface area contributed by atoms with Crippen molar-refractivity contribution < 1.29 is 13.9 Å². The molecule has 2 aromatic rings. The standard InChI is InChI=1S/C20H28N4O3.HI/c1-14-16-8-4-5-9-17(16)27-18(14)12-22-20(23-13-19(25)24(2)3)21-11-15-7-6-10-26-15;/h4-5,8-9,15H,6-7,10-13H2,1-3H3,(H2,21,22,23);1H. The van der Waals surface area contributed by atoms with Gasteiger partial charge in [-0.3, -0.25) is 4.79 Å². The third-order valence-electron chi connectivity index (χ3n) is 4.75. The minimum absolute atomic E-state index is 0. The summed E-state index contributed by atoms with van der Waals surface area (Å²) in [5, 5.41) is 7.67. The third kappa shape index (κ3) is 5.84. The highest BCUT2D eigenvalue weighted by Gasteiger charge is 2.16. The first-order chi connectivity index (χ1) is 13.0. The van der Waals surface area contributed by atoms with Gasteiger partial charge in [0.05, 0.1) is 12.6 Å². The molecule has 1 aliphatic heterocycles. The van der Waals surface area contributed by atoms with Gasteiger partial charge in [-0.05, 0) is 25.8 Å². The lowest BCUT2D eigenvalue weighted by Gasteiger charge is -2.16. The maximum atomic E-state index is 11.9. The molecule has 0 radical (unpaired) electrons. The number of carbonyl (C=O) groups is 1. The highest BCUT2D eigenvalue weighted by atomic mass is 127. The first kappa shape index (κ1) is 22.5. The van der Waals surface area contributed by atoms with Gasteiger partial charge in [-0.2, -0.15) is 0 Å². The molecule has 3 rings (SSSR count). The fraction of sp³-hybridized carbons (Fsp3) is 0.500. The molecule has 0 saturated carbocycles. The second-order valence-electron chi connectivity index (χ2n) is 6.97. The molecule has 2 N–H and O–H groups in total. The smallest absolute Gasteiger partial charge is 0.243 e. The van der Waals surface area contributed by atoms with Crippen molar-refractivity contribution in [2.24, 2.45) is 4.99 Å². The van der Waals surface area contributed by atoms with Crippen LogP contribution in [0.5, 0.6) is 0 Å². The van der Waals surface area contributed by atoms with E-state index in [4.69, 9.17) is 9.15 Å². The van der Waals surface area contributed by atoms with Crippen LogP contribution in [0.1, 0.15) is 24.2 Å². The average molecular weight is 500 g/mol. The number of ether oxygens (including phenoxy) is 1. The van der Waals surface area contributed by atoms with Crippen LogP contribution in [0.25, 0.3) is 11.0 Å². The molecule has 7 nitrogen and oxygen atoms in total. The number of hydrogen-bond acceptors (Lipinski definition) is 4. The van der Waals surface area contributed by atoms with E-state index >= 15 is 0 Å². The summed E-state index contributed by atoms with van der Waals surface area (Å²) >= 11 is 0. The van der Waals surface area contributed by atoms with Crippen molar-refractivity contribution in [2.75, 3.05) is 33.8 Å². The number of hydrogen-bond donors (Lipinski definition) is 2. The number of benzene rings is 1. The monoisotopic (exact) mass is 500 g/mol. The first-order valence-electron chi connectivity index (χ1n) is 9.35. The molecule has 0 bridgehead atoms. The van der Waals surface area contributed by atoms with Crippen molar-refractivity contribution >= 4 is 46.8 Å².